The molecule has 0 rings (SSSR count). The lowest BCUT2D eigenvalue weighted by molar-refractivity contribution is -0.152. The Hall–Kier alpha value is -2.72. The molecule has 0 saturated heterocycles. The summed E-state index contributed by atoms with van der Waals surface area (Å²) in [6.07, 6.45) is 2.30. The van der Waals surface area contributed by atoms with Crippen LogP contribution in [-0.2, 0) is 42.9 Å². The van der Waals surface area contributed by atoms with Crippen molar-refractivity contribution in [3.63, 3.8) is 0 Å². The molecular formula is C21H33NO9. The van der Waals surface area contributed by atoms with Crippen molar-refractivity contribution in [1.29, 1.82) is 0 Å². The summed E-state index contributed by atoms with van der Waals surface area (Å²) in [5, 5.41) is 3.01. The average Bonchev–Trinajstić information content (AvgIpc) is 2.67. The van der Waals surface area contributed by atoms with Crippen LogP contribution in [0.15, 0.2) is 24.3 Å². The summed E-state index contributed by atoms with van der Waals surface area (Å²) in [6.45, 7) is 10.0. The number of rotatable bonds is 15. The molecule has 0 saturated carbocycles. The minimum atomic E-state index is -0.833. The van der Waals surface area contributed by atoms with Crippen molar-refractivity contribution in [3.05, 3.63) is 24.3 Å². The fourth-order valence-corrected chi connectivity index (χ4v) is 1.93. The van der Waals surface area contributed by atoms with Gasteiger partial charge < -0.3 is 29.0 Å². The third kappa shape index (κ3) is 17.8. The molecule has 0 bridgehead atoms. The third-order valence-corrected chi connectivity index (χ3v) is 3.11. The van der Waals surface area contributed by atoms with E-state index in [1.165, 1.54) is 0 Å². The smallest absolute Gasteiger partial charge is 0.331 e. The first-order chi connectivity index (χ1) is 14.6. The summed E-state index contributed by atoms with van der Waals surface area (Å²) < 4.78 is 25.2. The van der Waals surface area contributed by atoms with Crippen LogP contribution < -0.4 is 5.32 Å². The highest BCUT2D eigenvalue weighted by atomic mass is 16.6. The Kier molecular flexibility index (Phi) is 15.5. The molecule has 0 aliphatic rings. The Balaban J connectivity index is 4.70. The van der Waals surface area contributed by atoms with Crippen LogP contribution in [0.1, 0.15) is 34.6 Å². The topological polar surface area (TPSA) is 126 Å². The maximum Gasteiger partial charge on any atom is 0.331 e. The predicted molar refractivity (Wildman–Crippen MR) is 111 cm³/mol. The first-order valence-electron chi connectivity index (χ1n) is 10.1. The Morgan fingerprint density at radius 3 is 1.74 bits per heavy atom. The summed E-state index contributed by atoms with van der Waals surface area (Å²) in [7, 11) is 0. The number of hydrogen-bond donors (Lipinski definition) is 1. The van der Waals surface area contributed by atoms with Crippen molar-refractivity contribution in [2.24, 2.45) is 0 Å². The van der Waals surface area contributed by atoms with Crippen LogP contribution in [0.2, 0.25) is 0 Å². The van der Waals surface area contributed by atoms with Gasteiger partial charge in [0.15, 0.2) is 0 Å². The highest BCUT2D eigenvalue weighted by Gasteiger charge is 2.16. The van der Waals surface area contributed by atoms with Gasteiger partial charge in [0.05, 0.1) is 18.8 Å². The van der Waals surface area contributed by atoms with Gasteiger partial charge in [-0.15, -0.1) is 0 Å². The van der Waals surface area contributed by atoms with Crippen LogP contribution in [0.3, 0.4) is 0 Å². The number of hydrogen-bond acceptors (Lipinski definition) is 10. The minimum absolute atomic E-state index is 0.176. The third-order valence-electron chi connectivity index (χ3n) is 3.11. The van der Waals surface area contributed by atoms with Gasteiger partial charge in [0.1, 0.15) is 12.7 Å². The molecule has 0 amide bonds. The van der Waals surface area contributed by atoms with Gasteiger partial charge in [-0.25, -0.2) is 19.2 Å². The number of ether oxygens (including phenoxy) is 5. The summed E-state index contributed by atoms with van der Waals surface area (Å²) in [6, 6.07) is 0. The van der Waals surface area contributed by atoms with Crippen molar-refractivity contribution in [1.82, 2.24) is 5.32 Å². The van der Waals surface area contributed by atoms with Crippen LogP contribution in [-0.4, -0.2) is 75.1 Å². The zero-order chi connectivity index (χ0) is 23.6. The molecule has 0 aliphatic carbocycles. The van der Waals surface area contributed by atoms with E-state index in [0.29, 0.717) is 19.8 Å². The molecule has 1 unspecified atom stereocenters. The summed E-state index contributed by atoms with van der Waals surface area (Å²) in [5.41, 5.74) is 0. The number of carbonyl (C=O) groups excluding carboxylic acids is 4. The van der Waals surface area contributed by atoms with Gasteiger partial charge in [-0.1, -0.05) is 0 Å². The van der Waals surface area contributed by atoms with Crippen LogP contribution >= 0.6 is 0 Å². The minimum Gasteiger partial charge on any atom is -0.460 e. The van der Waals surface area contributed by atoms with Crippen molar-refractivity contribution < 1.29 is 42.9 Å². The van der Waals surface area contributed by atoms with Crippen LogP contribution in [0.4, 0.5) is 0 Å². The van der Waals surface area contributed by atoms with Gasteiger partial charge in [0.2, 0.25) is 0 Å². The van der Waals surface area contributed by atoms with Gasteiger partial charge in [0, 0.05) is 44.0 Å². The molecule has 31 heavy (non-hydrogen) atoms. The number of carbonyl (C=O) groups is 4. The molecule has 0 aromatic heterocycles. The second-order valence-electron chi connectivity index (χ2n) is 6.73. The Morgan fingerprint density at radius 1 is 0.774 bits per heavy atom. The van der Waals surface area contributed by atoms with E-state index in [2.05, 4.69) is 5.32 Å². The molecule has 176 valence electrons. The molecule has 10 nitrogen and oxygen atoms in total. The fourth-order valence-electron chi connectivity index (χ4n) is 1.93. The lowest BCUT2D eigenvalue weighted by atomic mass is 10.3. The number of nitrogens with one attached hydrogen (secondary N) is 1. The molecule has 0 aromatic carbocycles. The van der Waals surface area contributed by atoms with E-state index >= 15 is 0 Å². The van der Waals surface area contributed by atoms with Gasteiger partial charge in [-0.2, -0.15) is 0 Å². The Bertz CT molecular complexity index is 626. The molecule has 0 heterocycles. The standard InChI is InChI=1S/C21H33NO9/c1-6-27-12-11-22-13-17(31-21(26)10-9-20(25)30-16(4)5)14-28-18(23)7-8-19(24)29-15(2)3/h7-10,15-17,22H,6,11-14H2,1-5H3/b8-7+,10-9+. The number of esters is 4. The van der Waals surface area contributed by atoms with E-state index in [0.717, 1.165) is 24.3 Å². The molecule has 0 spiro atoms. The van der Waals surface area contributed by atoms with E-state index in [-0.39, 0.29) is 25.4 Å². The van der Waals surface area contributed by atoms with Gasteiger partial charge in [-0.05, 0) is 34.6 Å². The van der Waals surface area contributed by atoms with E-state index in [1.807, 2.05) is 6.92 Å². The van der Waals surface area contributed by atoms with Crippen LogP contribution in [0.5, 0.6) is 0 Å². The van der Waals surface area contributed by atoms with Crippen LogP contribution in [0.25, 0.3) is 0 Å². The molecular weight excluding hydrogens is 410 g/mol. The molecule has 0 radical (unpaired) electrons. The Morgan fingerprint density at radius 2 is 1.26 bits per heavy atom. The molecule has 1 atom stereocenters. The largest absolute Gasteiger partial charge is 0.460 e. The molecule has 0 aliphatic heterocycles. The highest BCUT2D eigenvalue weighted by molar-refractivity contribution is 5.92. The zero-order valence-electron chi connectivity index (χ0n) is 18.8. The monoisotopic (exact) mass is 443 g/mol. The lowest BCUT2D eigenvalue weighted by Crippen LogP contribution is -2.36. The van der Waals surface area contributed by atoms with Crippen molar-refractivity contribution in [3.8, 4) is 0 Å². The second-order valence-corrected chi connectivity index (χ2v) is 6.73. The Labute approximate surface area is 182 Å². The van der Waals surface area contributed by atoms with Gasteiger partial charge in [-0.3, -0.25) is 0 Å². The van der Waals surface area contributed by atoms with E-state index < -0.39 is 30.0 Å². The second kappa shape index (κ2) is 17.0. The van der Waals surface area contributed by atoms with Crippen molar-refractivity contribution in [2.75, 3.05) is 32.9 Å². The lowest BCUT2D eigenvalue weighted by Gasteiger charge is -2.17. The van der Waals surface area contributed by atoms with E-state index in [9.17, 15) is 19.2 Å². The summed E-state index contributed by atoms with van der Waals surface area (Å²) >= 11 is 0. The fraction of sp³-hybridized carbons (Fsp3) is 0.619. The molecule has 1 N–H and O–H groups in total. The van der Waals surface area contributed by atoms with E-state index in [4.69, 9.17) is 23.7 Å². The maximum atomic E-state index is 12.0. The van der Waals surface area contributed by atoms with Crippen LogP contribution in [0, 0.1) is 0 Å². The molecule has 0 aromatic rings. The summed E-state index contributed by atoms with van der Waals surface area (Å²) in [4.78, 5) is 46.6. The average molecular weight is 443 g/mol. The first-order valence-corrected chi connectivity index (χ1v) is 10.1. The van der Waals surface area contributed by atoms with Crippen molar-refractivity contribution in [2.45, 2.75) is 52.9 Å². The highest BCUT2D eigenvalue weighted by Crippen LogP contribution is 1.98. The van der Waals surface area contributed by atoms with E-state index in [1.54, 1.807) is 27.7 Å². The predicted octanol–water partition coefficient (Wildman–Crippen LogP) is 1.08. The normalized spacial score (nSPS) is 12.4. The first kappa shape index (κ1) is 28.3. The van der Waals surface area contributed by atoms with Crippen molar-refractivity contribution >= 4 is 23.9 Å². The SMILES string of the molecule is CCOCCNCC(COC(=O)/C=C/C(=O)OC(C)C)OC(=O)/C=C/C(=O)OC(C)C. The molecule has 0 fully saturated rings. The molecule has 10 heteroatoms. The maximum absolute atomic E-state index is 12.0. The van der Waals surface area contributed by atoms with Gasteiger partial charge >= 0.3 is 23.9 Å². The zero-order valence-corrected chi connectivity index (χ0v) is 18.8. The summed E-state index contributed by atoms with van der Waals surface area (Å²) in [5.74, 6) is -2.95. The van der Waals surface area contributed by atoms with Gasteiger partial charge in [0.25, 0.3) is 0 Å². The quantitative estimate of drug-likeness (QED) is 0.170.